The van der Waals surface area contributed by atoms with E-state index in [2.05, 4.69) is 101 Å². The summed E-state index contributed by atoms with van der Waals surface area (Å²) < 4.78 is 4.38. The van der Waals surface area contributed by atoms with Crippen LogP contribution >= 0.6 is 0 Å². The van der Waals surface area contributed by atoms with Gasteiger partial charge in [-0.05, 0) is 44.2 Å². The topological polar surface area (TPSA) is 95.3 Å². The number of aromatic nitrogens is 3. The van der Waals surface area contributed by atoms with Gasteiger partial charge in [0.05, 0.1) is 18.7 Å². The molecule has 0 saturated heterocycles. The van der Waals surface area contributed by atoms with Gasteiger partial charge in [-0.2, -0.15) is 9.67 Å². The van der Waals surface area contributed by atoms with Crippen LogP contribution in [0.3, 0.4) is 0 Å². The average molecular weight is 546 g/mol. The molecule has 0 unspecified atom stereocenters. The minimum absolute atomic E-state index is 0.0320. The number of carbonyl (C=O) groups excluding carboxylic acids is 1. The minimum Gasteiger partial charge on any atom is -0.377 e. The molecule has 4 N–H and O–H groups in total. The van der Waals surface area contributed by atoms with Gasteiger partial charge in [0, 0.05) is 106 Å². The molecular weight excluding hydrogens is 500 g/mol. The Bertz CT molecular complexity index is 1410. The molecule has 0 atom stereocenters. The second kappa shape index (κ2) is 13.1. The lowest BCUT2D eigenvalue weighted by Gasteiger charge is -2.15. The number of amides is 1. The molecule has 2 heterocycles. The summed E-state index contributed by atoms with van der Waals surface area (Å²) in [5, 5.41) is 13.5. The maximum Gasteiger partial charge on any atom is 0.224 e. The van der Waals surface area contributed by atoms with Gasteiger partial charge in [-0.25, -0.2) is 0 Å². The number of anilines is 2. The minimum atomic E-state index is 0.0320. The van der Waals surface area contributed by atoms with E-state index in [-0.39, 0.29) is 5.91 Å². The number of hydrogen-bond acceptors (Lipinski definition) is 6. The molecular formula is C31H45N8O+. The third-order valence-electron chi connectivity index (χ3n) is 7.52. The molecule has 1 amide bonds. The fourth-order valence-corrected chi connectivity index (χ4v) is 5.18. The Morgan fingerprint density at radius 1 is 0.925 bits per heavy atom. The number of nitrogens with zero attached hydrogens (tertiary/aromatic N) is 5. The van der Waals surface area contributed by atoms with Gasteiger partial charge in [-0.3, -0.25) is 9.48 Å². The molecule has 0 bridgehead atoms. The summed E-state index contributed by atoms with van der Waals surface area (Å²) in [6.07, 6.45) is 1.17. The summed E-state index contributed by atoms with van der Waals surface area (Å²) in [5.74, 6) is 0.0320. The zero-order valence-corrected chi connectivity index (χ0v) is 24.9. The number of aryl methyl sites for hydroxylation is 2. The maximum atomic E-state index is 12.9. The van der Waals surface area contributed by atoms with Crippen molar-refractivity contribution in [2.45, 2.75) is 39.8 Å². The van der Waals surface area contributed by atoms with Crippen molar-refractivity contribution in [3.05, 3.63) is 59.4 Å². The van der Waals surface area contributed by atoms with E-state index in [1.807, 2.05) is 18.5 Å². The molecule has 0 spiro atoms. The van der Waals surface area contributed by atoms with Crippen molar-refractivity contribution in [3.8, 4) is 0 Å². The van der Waals surface area contributed by atoms with Crippen LogP contribution in [0.5, 0.6) is 0 Å². The zero-order valence-electron chi connectivity index (χ0n) is 24.9. The first-order chi connectivity index (χ1) is 19.2. The van der Waals surface area contributed by atoms with Crippen molar-refractivity contribution < 1.29 is 9.36 Å². The number of carbonyl (C=O) groups is 1. The predicted molar refractivity (Wildman–Crippen MR) is 165 cm³/mol. The number of pyridine rings is 1. The normalized spacial score (nSPS) is 11.4. The van der Waals surface area contributed by atoms with E-state index >= 15 is 0 Å². The largest absolute Gasteiger partial charge is 0.377 e. The molecule has 0 aliphatic rings. The molecule has 0 fully saturated rings. The quantitative estimate of drug-likeness (QED) is 0.136. The van der Waals surface area contributed by atoms with Gasteiger partial charge in [0.1, 0.15) is 0 Å². The molecule has 2 aromatic carbocycles. The van der Waals surface area contributed by atoms with Crippen molar-refractivity contribution >= 4 is 39.1 Å². The molecule has 4 aromatic rings. The Morgan fingerprint density at radius 3 is 2.12 bits per heavy atom. The van der Waals surface area contributed by atoms with Gasteiger partial charge in [0.15, 0.2) is 6.54 Å². The number of rotatable bonds is 13. The number of nitrogens with one attached hydrogen (secondary N) is 2. The van der Waals surface area contributed by atoms with Crippen molar-refractivity contribution in [2.24, 2.45) is 5.73 Å². The summed E-state index contributed by atoms with van der Waals surface area (Å²) in [4.78, 5) is 17.2. The van der Waals surface area contributed by atoms with Crippen molar-refractivity contribution in [3.63, 3.8) is 0 Å². The highest BCUT2D eigenvalue weighted by atomic mass is 16.1. The summed E-state index contributed by atoms with van der Waals surface area (Å²) in [7, 11) is 8.27. The van der Waals surface area contributed by atoms with Crippen molar-refractivity contribution in [1.29, 1.82) is 0 Å². The van der Waals surface area contributed by atoms with Crippen LogP contribution in [0.15, 0.2) is 42.5 Å². The van der Waals surface area contributed by atoms with Gasteiger partial charge in [0.2, 0.25) is 16.9 Å². The highest BCUT2D eigenvalue weighted by Gasteiger charge is 2.18. The van der Waals surface area contributed by atoms with E-state index in [0.29, 0.717) is 19.5 Å². The highest BCUT2D eigenvalue weighted by Crippen LogP contribution is 2.25. The molecule has 0 aliphatic heterocycles. The average Bonchev–Trinajstić information content (AvgIpc) is 3.19. The van der Waals surface area contributed by atoms with Crippen LogP contribution in [0, 0.1) is 13.8 Å². The SMILES string of the molecule is Cc1nn(CCNCCN)c(C)c1CC(=O)NCCC[n+]1c2cc(N(C)C)ccc2cc2ccc(N(C)C)cc21. The highest BCUT2D eigenvalue weighted by molar-refractivity contribution is 5.91. The van der Waals surface area contributed by atoms with Crippen LogP contribution in [0.25, 0.3) is 21.8 Å². The van der Waals surface area contributed by atoms with Crippen LogP contribution in [0.2, 0.25) is 0 Å². The number of hydrogen-bond donors (Lipinski definition) is 3. The van der Waals surface area contributed by atoms with Crippen LogP contribution < -0.4 is 30.7 Å². The van der Waals surface area contributed by atoms with E-state index in [4.69, 9.17) is 5.73 Å². The summed E-state index contributed by atoms with van der Waals surface area (Å²) in [6.45, 7) is 8.39. The van der Waals surface area contributed by atoms with Crippen molar-refractivity contribution in [1.82, 2.24) is 20.4 Å². The lowest BCUT2D eigenvalue weighted by Crippen LogP contribution is -2.38. The maximum absolute atomic E-state index is 12.9. The summed E-state index contributed by atoms with van der Waals surface area (Å²) >= 11 is 0. The molecule has 9 nitrogen and oxygen atoms in total. The van der Waals surface area contributed by atoms with E-state index in [9.17, 15) is 4.79 Å². The Kier molecular flexibility index (Phi) is 9.60. The van der Waals surface area contributed by atoms with E-state index in [1.54, 1.807) is 0 Å². The predicted octanol–water partition coefficient (Wildman–Crippen LogP) is 2.52. The molecule has 40 heavy (non-hydrogen) atoms. The fraction of sp³-hybridized carbons (Fsp3) is 0.452. The van der Waals surface area contributed by atoms with E-state index < -0.39 is 0 Å². The zero-order chi connectivity index (χ0) is 28.8. The number of nitrogens with two attached hydrogens (primary N) is 1. The Morgan fingerprint density at radius 2 is 1.55 bits per heavy atom. The third-order valence-corrected chi connectivity index (χ3v) is 7.52. The molecule has 9 heteroatoms. The first-order valence-electron chi connectivity index (χ1n) is 14.1. The second-order valence-electron chi connectivity index (χ2n) is 10.9. The third kappa shape index (κ3) is 6.71. The van der Waals surface area contributed by atoms with Gasteiger partial charge >= 0.3 is 0 Å². The Hall–Kier alpha value is -3.69. The van der Waals surface area contributed by atoms with Gasteiger partial charge in [-0.1, -0.05) is 0 Å². The smallest absolute Gasteiger partial charge is 0.224 e. The van der Waals surface area contributed by atoms with Gasteiger partial charge in [0.25, 0.3) is 0 Å². The lowest BCUT2D eigenvalue weighted by molar-refractivity contribution is -0.645. The van der Waals surface area contributed by atoms with E-state index in [0.717, 1.165) is 49.6 Å². The van der Waals surface area contributed by atoms with Gasteiger partial charge < -0.3 is 26.2 Å². The van der Waals surface area contributed by atoms with Crippen LogP contribution in [-0.4, -0.2) is 70.1 Å². The fourth-order valence-electron chi connectivity index (χ4n) is 5.18. The summed E-state index contributed by atoms with van der Waals surface area (Å²) in [5.41, 5.74) is 13.2. The monoisotopic (exact) mass is 545 g/mol. The Labute approximate surface area is 237 Å². The standard InChI is InChI=1S/C31H44N8O/c1-22-28(23(2)39(35-22)17-15-33-14-12-32)21-31(40)34-13-7-16-38-29-19-26(36(3)4)10-8-24(29)18-25-9-11-27(37(5)6)20-30(25)38/h8-11,18-20,33H,7,12-17,21,32H2,1-6H3/p+1. The molecule has 0 saturated carbocycles. The van der Waals surface area contributed by atoms with Crippen molar-refractivity contribution in [2.75, 3.05) is 64.2 Å². The second-order valence-corrected chi connectivity index (χ2v) is 10.9. The van der Waals surface area contributed by atoms with Gasteiger partial charge in [-0.15, -0.1) is 0 Å². The first kappa shape index (κ1) is 29.3. The van der Waals surface area contributed by atoms with Crippen LogP contribution in [-0.2, 0) is 24.3 Å². The first-order valence-corrected chi connectivity index (χ1v) is 14.1. The molecule has 214 valence electrons. The molecule has 0 radical (unpaired) electrons. The number of fused-ring (bicyclic) bond motifs is 2. The van der Waals surface area contributed by atoms with E-state index in [1.165, 1.54) is 33.2 Å². The molecule has 4 rings (SSSR count). The Balaban J connectivity index is 1.47. The lowest BCUT2D eigenvalue weighted by atomic mass is 10.1. The van der Waals surface area contributed by atoms with Crippen LogP contribution in [0.1, 0.15) is 23.4 Å². The summed E-state index contributed by atoms with van der Waals surface area (Å²) in [6, 6.07) is 15.5. The number of benzene rings is 2. The van der Waals surface area contributed by atoms with Crippen LogP contribution in [0.4, 0.5) is 11.4 Å². The molecule has 0 aliphatic carbocycles. The molecule has 2 aromatic heterocycles.